The van der Waals surface area contributed by atoms with Crippen molar-refractivity contribution >= 4 is 11.9 Å². The van der Waals surface area contributed by atoms with Gasteiger partial charge in [-0.1, -0.05) is 96.1 Å². The highest BCUT2D eigenvalue weighted by molar-refractivity contribution is 5.81. The van der Waals surface area contributed by atoms with Gasteiger partial charge in [0, 0.05) is 0 Å². The van der Waals surface area contributed by atoms with Crippen molar-refractivity contribution in [1.82, 2.24) is 0 Å². The van der Waals surface area contributed by atoms with E-state index in [4.69, 9.17) is 4.74 Å². The SMILES string of the molecule is CCCCCCCCCCC/C=C/CCCCCCOC(=O)C1CCCCC1C(=O)O. The topological polar surface area (TPSA) is 63.6 Å². The first-order valence-corrected chi connectivity index (χ1v) is 13.2. The molecule has 1 fully saturated rings. The number of esters is 1. The van der Waals surface area contributed by atoms with Crippen LogP contribution in [0.4, 0.5) is 0 Å². The second kappa shape index (κ2) is 19.4. The number of aliphatic carboxylic acids is 1. The molecule has 0 aromatic rings. The average molecular weight is 437 g/mol. The summed E-state index contributed by atoms with van der Waals surface area (Å²) in [5.41, 5.74) is 0. The summed E-state index contributed by atoms with van der Waals surface area (Å²) in [4.78, 5) is 23.5. The van der Waals surface area contributed by atoms with Crippen LogP contribution in [0.3, 0.4) is 0 Å². The summed E-state index contributed by atoms with van der Waals surface area (Å²) in [7, 11) is 0. The molecule has 0 radical (unpaired) electrons. The molecule has 1 saturated carbocycles. The van der Waals surface area contributed by atoms with Crippen molar-refractivity contribution < 1.29 is 19.4 Å². The van der Waals surface area contributed by atoms with Crippen LogP contribution < -0.4 is 0 Å². The Morgan fingerprint density at radius 1 is 0.742 bits per heavy atom. The van der Waals surface area contributed by atoms with Crippen LogP contribution in [0.25, 0.3) is 0 Å². The molecule has 2 atom stereocenters. The second-order valence-electron chi connectivity index (χ2n) is 9.29. The molecule has 0 aromatic heterocycles. The number of rotatable bonds is 19. The molecule has 0 heterocycles. The maximum Gasteiger partial charge on any atom is 0.309 e. The second-order valence-corrected chi connectivity index (χ2v) is 9.29. The molecule has 4 nitrogen and oxygen atoms in total. The molecule has 0 bridgehead atoms. The van der Waals surface area contributed by atoms with Crippen LogP contribution in [0.1, 0.15) is 129 Å². The Morgan fingerprint density at radius 3 is 1.77 bits per heavy atom. The third-order valence-corrected chi connectivity index (χ3v) is 6.54. The third-order valence-electron chi connectivity index (χ3n) is 6.54. The van der Waals surface area contributed by atoms with Crippen molar-refractivity contribution in [1.29, 1.82) is 0 Å². The summed E-state index contributed by atoms with van der Waals surface area (Å²) in [5.74, 6) is -2.15. The predicted molar refractivity (Wildman–Crippen MR) is 128 cm³/mol. The summed E-state index contributed by atoms with van der Waals surface area (Å²) < 4.78 is 5.37. The van der Waals surface area contributed by atoms with Crippen molar-refractivity contribution in [2.24, 2.45) is 11.8 Å². The minimum absolute atomic E-state index is 0.300. The van der Waals surface area contributed by atoms with Crippen LogP contribution in [0.2, 0.25) is 0 Å². The zero-order valence-corrected chi connectivity index (χ0v) is 20.1. The molecule has 1 aliphatic carbocycles. The Kier molecular flexibility index (Phi) is 17.3. The van der Waals surface area contributed by atoms with Gasteiger partial charge in [-0.3, -0.25) is 9.59 Å². The van der Waals surface area contributed by atoms with Gasteiger partial charge in [0.05, 0.1) is 18.4 Å². The molecule has 2 unspecified atom stereocenters. The number of ether oxygens (including phenoxy) is 1. The number of carboxylic acids is 1. The largest absolute Gasteiger partial charge is 0.481 e. The first-order valence-electron chi connectivity index (χ1n) is 13.2. The molecular formula is C27H48O4. The zero-order valence-electron chi connectivity index (χ0n) is 20.1. The van der Waals surface area contributed by atoms with Crippen molar-refractivity contribution in [3.63, 3.8) is 0 Å². The van der Waals surface area contributed by atoms with E-state index in [1.165, 1.54) is 70.6 Å². The number of unbranched alkanes of at least 4 members (excludes halogenated alkanes) is 13. The van der Waals surface area contributed by atoms with E-state index in [1.807, 2.05) is 0 Å². The smallest absolute Gasteiger partial charge is 0.309 e. The van der Waals surface area contributed by atoms with E-state index in [-0.39, 0.29) is 5.97 Å². The summed E-state index contributed by atoms with van der Waals surface area (Å²) in [6, 6.07) is 0. The van der Waals surface area contributed by atoms with Crippen LogP contribution >= 0.6 is 0 Å². The lowest BCUT2D eigenvalue weighted by atomic mass is 9.79. The van der Waals surface area contributed by atoms with Gasteiger partial charge in [0.1, 0.15) is 0 Å². The van der Waals surface area contributed by atoms with Crippen LogP contribution in [-0.2, 0) is 14.3 Å². The summed E-state index contributed by atoms with van der Waals surface area (Å²) in [5, 5.41) is 9.27. The highest BCUT2D eigenvalue weighted by atomic mass is 16.5. The number of hydrogen-bond acceptors (Lipinski definition) is 3. The number of carbonyl (C=O) groups is 2. The number of hydrogen-bond donors (Lipinski definition) is 1. The Labute approximate surface area is 191 Å². The van der Waals surface area contributed by atoms with E-state index >= 15 is 0 Å². The van der Waals surface area contributed by atoms with E-state index in [0.29, 0.717) is 19.4 Å². The minimum atomic E-state index is -0.854. The van der Waals surface area contributed by atoms with E-state index in [0.717, 1.165) is 38.5 Å². The minimum Gasteiger partial charge on any atom is -0.481 e. The quantitative estimate of drug-likeness (QED) is 0.127. The molecule has 0 spiro atoms. The van der Waals surface area contributed by atoms with E-state index in [1.54, 1.807) is 0 Å². The first-order chi connectivity index (χ1) is 15.2. The van der Waals surface area contributed by atoms with Gasteiger partial charge in [0.2, 0.25) is 0 Å². The number of carboxylic acid groups (broad SMARTS) is 1. The molecule has 4 heteroatoms. The molecule has 180 valence electrons. The monoisotopic (exact) mass is 436 g/mol. The number of allylic oxidation sites excluding steroid dienone is 2. The fourth-order valence-corrected chi connectivity index (χ4v) is 4.51. The maximum absolute atomic E-state index is 12.2. The van der Waals surface area contributed by atoms with E-state index < -0.39 is 17.8 Å². The summed E-state index contributed by atoms with van der Waals surface area (Å²) in [6.07, 6.45) is 26.8. The Morgan fingerprint density at radius 2 is 1.23 bits per heavy atom. The van der Waals surface area contributed by atoms with Crippen molar-refractivity contribution in [2.75, 3.05) is 6.61 Å². The predicted octanol–water partition coefficient (Wildman–Crippen LogP) is 7.85. The van der Waals surface area contributed by atoms with Gasteiger partial charge < -0.3 is 9.84 Å². The van der Waals surface area contributed by atoms with Gasteiger partial charge >= 0.3 is 11.9 Å². The molecule has 1 aliphatic rings. The van der Waals surface area contributed by atoms with Crippen LogP contribution in [0, 0.1) is 11.8 Å². The molecule has 0 aliphatic heterocycles. The van der Waals surface area contributed by atoms with Crippen molar-refractivity contribution in [2.45, 2.75) is 129 Å². The van der Waals surface area contributed by atoms with Crippen LogP contribution in [-0.4, -0.2) is 23.7 Å². The first kappa shape index (κ1) is 27.7. The van der Waals surface area contributed by atoms with Crippen LogP contribution in [0.5, 0.6) is 0 Å². The van der Waals surface area contributed by atoms with Crippen molar-refractivity contribution in [3.05, 3.63) is 12.2 Å². The lowest BCUT2D eigenvalue weighted by Crippen LogP contribution is -2.33. The van der Waals surface area contributed by atoms with Gasteiger partial charge in [-0.05, 0) is 44.9 Å². The molecule has 0 amide bonds. The van der Waals surface area contributed by atoms with Gasteiger partial charge in [-0.25, -0.2) is 0 Å². The molecular weight excluding hydrogens is 388 g/mol. The maximum atomic E-state index is 12.2. The molecule has 1 rings (SSSR count). The number of carbonyl (C=O) groups excluding carboxylic acids is 1. The molecule has 0 aromatic carbocycles. The fraction of sp³-hybridized carbons (Fsp3) is 0.852. The van der Waals surface area contributed by atoms with Crippen molar-refractivity contribution in [3.8, 4) is 0 Å². The Bertz CT molecular complexity index is 486. The van der Waals surface area contributed by atoms with Crippen LogP contribution in [0.15, 0.2) is 12.2 Å². The third kappa shape index (κ3) is 14.4. The fourth-order valence-electron chi connectivity index (χ4n) is 4.51. The van der Waals surface area contributed by atoms with Gasteiger partial charge in [-0.2, -0.15) is 0 Å². The lowest BCUT2D eigenvalue weighted by Gasteiger charge is -2.26. The van der Waals surface area contributed by atoms with E-state index in [2.05, 4.69) is 19.1 Å². The molecule has 31 heavy (non-hydrogen) atoms. The highest BCUT2D eigenvalue weighted by Crippen LogP contribution is 2.31. The highest BCUT2D eigenvalue weighted by Gasteiger charge is 2.36. The molecule has 1 N–H and O–H groups in total. The standard InChI is InChI=1S/C27H48O4/c1-2-3-4-5-6-7-8-9-10-11-12-13-14-15-16-17-20-23-31-27(30)25-22-19-18-21-24(25)26(28)29/h12-13,24-25H,2-11,14-23H2,1H3,(H,28,29)/b13-12+. The zero-order chi connectivity index (χ0) is 22.6. The Balaban J connectivity index is 1.87. The average Bonchev–Trinajstić information content (AvgIpc) is 2.78. The van der Waals surface area contributed by atoms with E-state index in [9.17, 15) is 14.7 Å². The van der Waals surface area contributed by atoms with Gasteiger partial charge in [0.25, 0.3) is 0 Å². The normalized spacial score (nSPS) is 19.0. The summed E-state index contributed by atoms with van der Waals surface area (Å²) in [6.45, 7) is 2.70. The van der Waals surface area contributed by atoms with Gasteiger partial charge in [0.15, 0.2) is 0 Å². The Hall–Kier alpha value is -1.32. The summed E-state index contributed by atoms with van der Waals surface area (Å²) >= 11 is 0. The lowest BCUT2D eigenvalue weighted by molar-refractivity contribution is -0.159. The molecule has 0 saturated heterocycles. The van der Waals surface area contributed by atoms with Gasteiger partial charge in [-0.15, -0.1) is 0 Å².